The number of fused-ring (bicyclic) bond motifs is 1. The van der Waals surface area contributed by atoms with E-state index < -0.39 is 5.54 Å². The van der Waals surface area contributed by atoms with Crippen LogP contribution < -0.4 is 5.73 Å². The Balaban J connectivity index is 1.67. The summed E-state index contributed by atoms with van der Waals surface area (Å²) in [7, 11) is 0. The van der Waals surface area contributed by atoms with Gasteiger partial charge in [-0.1, -0.05) is 0 Å². The third-order valence-corrected chi connectivity index (χ3v) is 4.03. The molecule has 17 heavy (non-hydrogen) atoms. The molecule has 0 aromatic carbocycles. The van der Waals surface area contributed by atoms with Crippen LogP contribution in [0.3, 0.4) is 0 Å². The molecular formula is C12H20N4O. The van der Waals surface area contributed by atoms with Gasteiger partial charge >= 0.3 is 0 Å². The van der Waals surface area contributed by atoms with E-state index in [4.69, 9.17) is 5.73 Å². The van der Waals surface area contributed by atoms with Crippen molar-refractivity contribution < 1.29 is 5.11 Å². The van der Waals surface area contributed by atoms with Crippen LogP contribution in [-0.2, 0) is 13.1 Å². The standard InChI is InChI=1S/C12H20N4O/c13-12(9-17,10-1-2-10)8-15-5-6-16-4-3-14-11(16)7-15/h3-4,10,17H,1-2,5-9,13H2. The predicted octanol–water partition coefficient (Wildman–Crippen LogP) is -0.202. The lowest BCUT2D eigenvalue weighted by Gasteiger charge is -2.36. The number of nitrogens with two attached hydrogens (primary N) is 1. The van der Waals surface area contributed by atoms with E-state index in [1.807, 2.05) is 12.4 Å². The number of rotatable bonds is 4. The first-order valence-electron chi connectivity index (χ1n) is 6.33. The molecule has 1 fully saturated rings. The smallest absolute Gasteiger partial charge is 0.122 e. The Kier molecular flexibility index (Phi) is 2.69. The lowest BCUT2D eigenvalue weighted by atomic mass is 9.94. The summed E-state index contributed by atoms with van der Waals surface area (Å²) < 4.78 is 2.19. The fourth-order valence-electron chi connectivity index (χ4n) is 2.74. The number of aliphatic hydroxyl groups is 1. The molecule has 0 spiro atoms. The van der Waals surface area contributed by atoms with Crippen molar-refractivity contribution in [3.05, 3.63) is 18.2 Å². The lowest BCUT2D eigenvalue weighted by Crippen LogP contribution is -2.55. The van der Waals surface area contributed by atoms with Gasteiger partial charge in [0, 0.05) is 32.0 Å². The summed E-state index contributed by atoms with van der Waals surface area (Å²) >= 11 is 0. The summed E-state index contributed by atoms with van der Waals surface area (Å²) in [5, 5.41) is 9.51. The molecule has 5 heteroatoms. The predicted molar refractivity (Wildman–Crippen MR) is 64.2 cm³/mol. The minimum absolute atomic E-state index is 0.0859. The van der Waals surface area contributed by atoms with E-state index in [0.29, 0.717) is 5.92 Å². The molecule has 5 nitrogen and oxygen atoms in total. The molecule has 1 unspecified atom stereocenters. The third-order valence-electron chi connectivity index (χ3n) is 4.03. The van der Waals surface area contributed by atoms with Crippen LogP contribution >= 0.6 is 0 Å². The second-order valence-corrected chi connectivity index (χ2v) is 5.41. The number of imidazole rings is 1. The number of hydrogen-bond donors (Lipinski definition) is 2. The molecule has 0 saturated heterocycles. The first kappa shape index (κ1) is 11.2. The summed E-state index contributed by atoms with van der Waals surface area (Å²) in [6.07, 6.45) is 6.20. The van der Waals surface area contributed by atoms with Gasteiger partial charge in [0.25, 0.3) is 0 Å². The van der Waals surface area contributed by atoms with E-state index in [0.717, 1.165) is 32.0 Å². The van der Waals surface area contributed by atoms with Crippen LogP contribution in [0.5, 0.6) is 0 Å². The monoisotopic (exact) mass is 236 g/mol. The van der Waals surface area contributed by atoms with Gasteiger partial charge in [-0.2, -0.15) is 0 Å². The average Bonchev–Trinajstić information content (AvgIpc) is 3.09. The fraction of sp³-hybridized carbons (Fsp3) is 0.750. The molecule has 2 heterocycles. The quantitative estimate of drug-likeness (QED) is 0.759. The van der Waals surface area contributed by atoms with Crippen LogP contribution in [-0.4, -0.2) is 44.8 Å². The van der Waals surface area contributed by atoms with Gasteiger partial charge in [0.15, 0.2) is 0 Å². The Bertz CT molecular complexity index is 401. The zero-order valence-corrected chi connectivity index (χ0v) is 10.0. The maximum Gasteiger partial charge on any atom is 0.122 e. The van der Waals surface area contributed by atoms with Gasteiger partial charge in [-0.25, -0.2) is 4.98 Å². The molecule has 1 aromatic rings. The van der Waals surface area contributed by atoms with Gasteiger partial charge in [0.05, 0.1) is 18.7 Å². The van der Waals surface area contributed by atoms with Crippen molar-refractivity contribution in [2.75, 3.05) is 19.7 Å². The number of hydrogen-bond acceptors (Lipinski definition) is 4. The number of nitrogens with zero attached hydrogens (tertiary/aromatic N) is 3. The van der Waals surface area contributed by atoms with Crippen molar-refractivity contribution in [2.24, 2.45) is 11.7 Å². The highest BCUT2D eigenvalue weighted by atomic mass is 16.3. The van der Waals surface area contributed by atoms with E-state index in [1.165, 1.54) is 12.8 Å². The summed E-state index contributed by atoms with van der Waals surface area (Å²) in [4.78, 5) is 6.66. The van der Waals surface area contributed by atoms with Crippen molar-refractivity contribution in [1.29, 1.82) is 0 Å². The summed E-state index contributed by atoms with van der Waals surface area (Å²) in [5.41, 5.74) is 5.90. The molecule has 3 rings (SSSR count). The average molecular weight is 236 g/mol. The van der Waals surface area contributed by atoms with Gasteiger partial charge in [-0.3, -0.25) is 4.90 Å². The molecule has 1 aromatic heterocycles. The second kappa shape index (κ2) is 4.08. The van der Waals surface area contributed by atoms with Gasteiger partial charge in [-0.15, -0.1) is 0 Å². The van der Waals surface area contributed by atoms with Gasteiger partial charge < -0.3 is 15.4 Å². The van der Waals surface area contributed by atoms with Crippen LogP contribution in [0.4, 0.5) is 0 Å². The van der Waals surface area contributed by atoms with Crippen molar-refractivity contribution in [3.63, 3.8) is 0 Å². The van der Waals surface area contributed by atoms with Gasteiger partial charge in [-0.05, 0) is 18.8 Å². The largest absolute Gasteiger partial charge is 0.394 e. The van der Waals surface area contributed by atoms with Crippen molar-refractivity contribution in [1.82, 2.24) is 14.5 Å². The zero-order valence-electron chi connectivity index (χ0n) is 10.0. The number of aromatic nitrogens is 2. The van der Waals surface area contributed by atoms with E-state index >= 15 is 0 Å². The molecule has 0 bridgehead atoms. The van der Waals surface area contributed by atoms with Gasteiger partial charge in [0.1, 0.15) is 5.82 Å². The minimum Gasteiger partial charge on any atom is -0.394 e. The van der Waals surface area contributed by atoms with Crippen LogP contribution in [0.25, 0.3) is 0 Å². The van der Waals surface area contributed by atoms with Crippen molar-refractivity contribution in [2.45, 2.75) is 31.5 Å². The minimum atomic E-state index is -0.408. The molecule has 1 saturated carbocycles. The molecule has 94 valence electrons. The normalized spacial score (nSPS) is 24.4. The number of aliphatic hydroxyl groups excluding tert-OH is 1. The molecule has 1 atom stereocenters. The van der Waals surface area contributed by atoms with Crippen molar-refractivity contribution in [3.8, 4) is 0 Å². The highest BCUT2D eigenvalue weighted by Gasteiger charge is 2.43. The molecule has 0 amide bonds. The lowest BCUT2D eigenvalue weighted by molar-refractivity contribution is 0.104. The maximum atomic E-state index is 9.51. The molecule has 2 aliphatic rings. The Hall–Kier alpha value is -0.910. The highest BCUT2D eigenvalue weighted by molar-refractivity contribution is 5.02. The Morgan fingerprint density at radius 1 is 1.47 bits per heavy atom. The summed E-state index contributed by atoms with van der Waals surface area (Å²) in [6.45, 7) is 3.68. The Morgan fingerprint density at radius 3 is 3.00 bits per heavy atom. The Morgan fingerprint density at radius 2 is 2.29 bits per heavy atom. The van der Waals surface area contributed by atoms with Crippen LogP contribution in [0.2, 0.25) is 0 Å². The maximum absolute atomic E-state index is 9.51. The fourth-order valence-corrected chi connectivity index (χ4v) is 2.74. The summed E-state index contributed by atoms with van der Waals surface area (Å²) in [6, 6.07) is 0. The van der Waals surface area contributed by atoms with Crippen molar-refractivity contribution >= 4 is 0 Å². The summed E-state index contributed by atoms with van der Waals surface area (Å²) in [5.74, 6) is 1.61. The van der Waals surface area contributed by atoms with Crippen LogP contribution in [0, 0.1) is 5.92 Å². The van der Waals surface area contributed by atoms with Crippen LogP contribution in [0.15, 0.2) is 12.4 Å². The first-order valence-corrected chi connectivity index (χ1v) is 6.33. The first-order chi connectivity index (χ1) is 8.21. The van der Waals surface area contributed by atoms with Crippen LogP contribution in [0.1, 0.15) is 18.7 Å². The topological polar surface area (TPSA) is 67.3 Å². The molecule has 1 aliphatic carbocycles. The van der Waals surface area contributed by atoms with E-state index in [9.17, 15) is 5.11 Å². The SMILES string of the molecule is NC(CO)(CN1CCn2ccnc2C1)C1CC1. The highest BCUT2D eigenvalue weighted by Crippen LogP contribution is 2.38. The molecular weight excluding hydrogens is 216 g/mol. The zero-order chi connectivity index (χ0) is 11.9. The van der Waals surface area contributed by atoms with E-state index in [1.54, 1.807) is 0 Å². The second-order valence-electron chi connectivity index (χ2n) is 5.41. The van der Waals surface area contributed by atoms with E-state index in [-0.39, 0.29) is 6.61 Å². The van der Waals surface area contributed by atoms with Gasteiger partial charge in [0.2, 0.25) is 0 Å². The van der Waals surface area contributed by atoms with E-state index in [2.05, 4.69) is 14.5 Å². The molecule has 1 aliphatic heterocycles. The molecule has 0 radical (unpaired) electrons. The Labute approximate surface area is 101 Å². The molecule has 3 N–H and O–H groups in total. The third kappa shape index (κ3) is 2.10.